The highest BCUT2D eigenvalue weighted by molar-refractivity contribution is 6.30. The number of amides is 1. The monoisotopic (exact) mass is 336 g/mol. The van der Waals surface area contributed by atoms with Gasteiger partial charge in [-0.05, 0) is 32.2 Å². The first-order chi connectivity index (χ1) is 10.9. The number of rotatable bonds is 7. The molecule has 1 amide bonds. The molecule has 2 rings (SSSR count). The molecule has 124 valence electrons. The molecule has 1 aromatic heterocycles. The number of halogens is 1. The quantitative estimate of drug-likeness (QED) is 0.843. The van der Waals surface area contributed by atoms with Gasteiger partial charge in [0.1, 0.15) is 18.2 Å². The molecule has 0 saturated carbocycles. The van der Waals surface area contributed by atoms with E-state index in [9.17, 15) is 4.79 Å². The number of ether oxygens (including phenoxy) is 1. The minimum absolute atomic E-state index is 0.0849. The summed E-state index contributed by atoms with van der Waals surface area (Å²) in [5.41, 5.74) is 0.867. The lowest BCUT2D eigenvalue weighted by Gasteiger charge is -2.16. The van der Waals surface area contributed by atoms with Crippen molar-refractivity contribution in [1.82, 2.24) is 14.7 Å². The normalized spacial score (nSPS) is 10.8. The van der Waals surface area contributed by atoms with Gasteiger partial charge in [-0.3, -0.25) is 14.4 Å². The zero-order valence-electron chi connectivity index (χ0n) is 13.5. The van der Waals surface area contributed by atoms with E-state index in [-0.39, 0.29) is 12.5 Å². The molecule has 0 saturated heterocycles. The lowest BCUT2D eigenvalue weighted by atomic mass is 10.3. The Kier molecular flexibility index (Phi) is 6.01. The SMILES string of the molecule is Cc1cc(NC(=O)CN(C)CCOc2cccc(Cl)c2)n(C)n1. The molecule has 0 unspecified atom stereocenters. The molecule has 1 heterocycles. The van der Waals surface area contributed by atoms with Crippen molar-refractivity contribution in [2.75, 3.05) is 32.1 Å². The molecule has 1 N–H and O–H groups in total. The van der Waals surface area contributed by atoms with Crippen LogP contribution in [0.2, 0.25) is 5.02 Å². The van der Waals surface area contributed by atoms with Crippen LogP contribution in [-0.4, -0.2) is 47.3 Å². The van der Waals surface area contributed by atoms with Gasteiger partial charge in [0.25, 0.3) is 0 Å². The van der Waals surface area contributed by atoms with Gasteiger partial charge in [-0.25, -0.2) is 0 Å². The highest BCUT2D eigenvalue weighted by atomic mass is 35.5. The zero-order valence-corrected chi connectivity index (χ0v) is 14.3. The third-order valence-corrected chi connectivity index (χ3v) is 3.46. The summed E-state index contributed by atoms with van der Waals surface area (Å²) in [5, 5.41) is 7.67. The maximum atomic E-state index is 12.0. The van der Waals surface area contributed by atoms with Gasteiger partial charge in [0.05, 0.1) is 12.2 Å². The molecule has 0 atom stereocenters. The first-order valence-electron chi connectivity index (χ1n) is 7.31. The molecule has 0 aliphatic heterocycles. The molecule has 7 heteroatoms. The highest BCUT2D eigenvalue weighted by Crippen LogP contribution is 2.16. The van der Waals surface area contributed by atoms with Gasteiger partial charge in [0, 0.05) is 24.7 Å². The average Bonchev–Trinajstić information content (AvgIpc) is 2.76. The van der Waals surface area contributed by atoms with Crippen molar-refractivity contribution in [3.63, 3.8) is 0 Å². The fourth-order valence-electron chi connectivity index (χ4n) is 2.11. The number of nitrogens with zero attached hydrogens (tertiary/aromatic N) is 3. The highest BCUT2D eigenvalue weighted by Gasteiger charge is 2.10. The predicted octanol–water partition coefficient (Wildman–Crippen LogP) is 2.33. The number of nitrogens with one attached hydrogen (secondary N) is 1. The van der Waals surface area contributed by atoms with Crippen LogP contribution in [0.1, 0.15) is 5.69 Å². The van der Waals surface area contributed by atoms with E-state index >= 15 is 0 Å². The Hall–Kier alpha value is -2.05. The lowest BCUT2D eigenvalue weighted by Crippen LogP contribution is -2.33. The van der Waals surface area contributed by atoms with Crippen LogP contribution in [-0.2, 0) is 11.8 Å². The van der Waals surface area contributed by atoms with E-state index in [2.05, 4.69) is 10.4 Å². The van der Waals surface area contributed by atoms with Crippen LogP contribution < -0.4 is 10.1 Å². The second-order valence-corrected chi connectivity index (χ2v) is 5.82. The van der Waals surface area contributed by atoms with E-state index in [0.29, 0.717) is 24.0 Å². The Labute approximate surface area is 141 Å². The molecule has 1 aromatic carbocycles. The van der Waals surface area contributed by atoms with Gasteiger partial charge < -0.3 is 10.1 Å². The van der Waals surface area contributed by atoms with Gasteiger partial charge in [0.2, 0.25) is 5.91 Å². The number of likely N-dealkylation sites (N-methyl/N-ethyl adjacent to an activating group) is 1. The number of hydrogen-bond donors (Lipinski definition) is 1. The largest absolute Gasteiger partial charge is 0.492 e. The number of carbonyl (C=O) groups excluding carboxylic acids is 1. The molecule has 0 radical (unpaired) electrons. The van der Waals surface area contributed by atoms with Crippen LogP contribution in [0.15, 0.2) is 30.3 Å². The molecule has 0 aliphatic rings. The summed E-state index contributed by atoms with van der Waals surface area (Å²) in [6.07, 6.45) is 0. The van der Waals surface area contributed by atoms with Gasteiger partial charge in [-0.2, -0.15) is 5.10 Å². The summed E-state index contributed by atoms with van der Waals surface area (Å²) >= 11 is 5.90. The van der Waals surface area contributed by atoms with Crippen molar-refractivity contribution in [3.05, 3.63) is 41.0 Å². The maximum Gasteiger partial charge on any atom is 0.239 e. The summed E-state index contributed by atoms with van der Waals surface area (Å²) in [5.74, 6) is 1.33. The number of benzene rings is 1. The molecule has 0 aliphatic carbocycles. The van der Waals surface area contributed by atoms with Crippen LogP contribution in [0.5, 0.6) is 5.75 Å². The van der Waals surface area contributed by atoms with E-state index in [0.717, 1.165) is 11.4 Å². The van der Waals surface area contributed by atoms with Crippen molar-refractivity contribution >= 4 is 23.3 Å². The Bertz CT molecular complexity index is 672. The standard InChI is InChI=1S/C16H21ClN4O2/c1-12-9-15(21(3)19-12)18-16(22)11-20(2)7-8-23-14-6-4-5-13(17)10-14/h4-6,9-10H,7-8,11H2,1-3H3,(H,18,22). The summed E-state index contributed by atoms with van der Waals surface area (Å²) in [7, 11) is 3.67. The van der Waals surface area contributed by atoms with E-state index < -0.39 is 0 Å². The maximum absolute atomic E-state index is 12.0. The van der Waals surface area contributed by atoms with Gasteiger partial charge >= 0.3 is 0 Å². The van der Waals surface area contributed by atoms with Crippen molar-refractivity contribution in [1.29, 1.82) is 0 Å². The third-order valence-electron chi connectivity index (χ3n) is 3.22. The van der Waals surface area contributed by atoms with Gasteiger partial charge in [-0.1, -0.05) is 17.7 Å². The average molecular weight is 337 g/mol. The molecular weight excluding hydrogens is 316 g/mol. The van der Waals surface area contributed by atoms with Crippen molar-refractivity contribution in [3.8, 4) is 5.75 Å². The van der Waals surface area contributed by atoms with E-state index in [1.807, 2.05) is 37.1 Å². The first kappa shape index (κ1) is 17.3. The van der Waals surface area contributed by atoms with Crippen LogP contribution >= 0.6 is 11.6 Å². The molecule has 23 heavy (non-hydrogen) atoms. The molecule has 0 bridgehead atoms. The second-order valence-electron chi connectivity index (χ2n) is 5.39. The Morgan fingerprint density at radius 3 is 2.87 bits per heavy atom. The molecular formula is C16H21ClN4O2. The molecule has 6 nitrogen and oxygen atoms in total. The fraction of sp³-hybridized carbons (Fsp3) is 0.375. The van der Waals surface area contributed by atoms with Gasteiger partial charge in [-0.15, -0.1) is 0 Å². The molecule has 0 fully saturated rings. The number of hydrogen-bond acceptors (Lipinski definition) is 4. The van der Waals surface area contributed by atoms with Crippen LogP contribution in [0.4, 0.5) is 5.82 Å². The summed E-state index contributed by atoms with van der Waals surface area (Å²) in [6, 6.07) is 9.08. The lowest BCUT2D eigenvalue weighted by molar-refractivity contribution is -0.117. The number of anilines is 1. The van der Waals surface area contributed by atoms with Crippen LogP contribution in [0.3, 0.4) is 0 Å². The van der Waals surface area contributed by atoms with E-state index in [1.165, 1.54) is 0 Å². The van der Waals surface area contributed by atoms with Crippen molar-refractivity contribution in [2.45, 2.75) is 6.92 Å². The van der Waals surface area contributed by atoms with E-state index in [4.69, 9.17) is 16.3 Å². The fourth-order valence-corrected chi connectivity index (χ4v) is 2.29. The topological polar surface area (TPSA) is 59.4 Å². The smallest absolute Gasteiger partial charge is 0.239 e. The number of aromatic nitrogens is 2. The van der Waals surface area contributed by atoms with Crippen molar-refractivity contribution in [2.24, 2.45) is 7.05 Å². The summed E-state index contributed by atoms with van der Waals surface area (Å²) < 4.78 is 7.26. The first-order valence-corrected chi connectivity index (χ1v) is 7.69. The van der Waals surface area contributed by atoms with Gasteiger partial charge in [0.15, 0.2) is 0 Å². The summed E-state index contributed by atoms with van der Waals surface area (Å²) in [6.45, 7) is 3.28. The van der Waals surface area contributed by atoms with Crippen LogP contribution in [0.25, 0.3) is 0 Å². The second kappa shape index (κ2) is 7.99. The minimum Gasteiger partial charge on any atom is -0.492 e. The number of aryl methyl sites for hydroxylation is 2. The third kappa shape index (κ3) is 5.58. The van der Waals surface area contributed by atoms with E-state index in [1.54, 1.807) is 23.9 Å². The number of carbonyl (C=O) groups is 1. The molecule has 0 spiro atoms. The Balaban J connectivity index is 1.72. The molecule has 2 aromatic rings. The predicted molar refractivity (Wildman–Crippen MR) is 91.0 cm³/mol. The van der Waals surface area contributed by atoms with Crippen LogP contribution in [0, 0.1) is 6.92 Å². The Morgan fingerprint density at radius 1 is 1.43 bits per heavy atom. The van der Waals surface area contributed by atoms with Crippen molar-refractivity contribution < 1.29 is 9.53 Å². The minimum atomic E-state index is -0.0849. The Morgan fingerprint density at radius 2 is 2.22 bits per heavy atom. The summed E-state index contributed by atoms with van der Waals surface area (Å²) in [4.78, 5) is 13.9. The zero-order chi connectivity index (χ0) is 16.8.